The van der Waals surface area contributed by atoms with Crippen molar-refractivity contribution in [3.63, 3.8) is 0 Å². The van der Waals surface area contributed by atoms with Crippen LogP contribution in [0, 0.1) is 6.92 Å². The Balaban J connectivity index is 1.79. The smallest absolute Gasteiger partial charge is 0.323 e. The van der Waals surface area contributed by atoms with Gasteiger partial charge in [0, 0.05) is 13.2 Å². The summed E-state index contributed by atoms with van der Waals surface area (Å²) in [5, 5.41) is 0. The number of hydrogen-bond donors (Lipinski definition) is 1. The Labute approximate surface area is 133 Å². The van der Waals surface area contributed by atoms with Crippen LogP contribution in [-0.4, -0.2) is 20.1 Å². The molecule has 0 amide bonds. The molecule has 0 saturated carbocycles. The van der Waals surface area contributed by atoms with Crippen LogP contribution in [0.1, 0.15) is 16.7 Å². The Morgan fingerprint density at radius 1 is 0.909 bits per heavy atom. The number of aryl methyl sites for hydroxylation is 1. The fourth-order valence-corrected chi connectivity index (χ4v) is 2.20. The van der Waals surface area contributed by atoms with E-state index in [4.69, 9.17) is 15.1 Å². The Morgan fingerprint density at radius 3 is 2.00 bits per heavy atom. The van der Waals surface area contributed by atoms with Gasteiger partial charge in [-0.05, 0) is 23.5 Å². The molecule has 22 heavy (non-hydrogen) atoms. The van der Waals surface area contributed by atoms with Gasteiger partial charge in [-0.25, -0.2) is 0 Å². The first-order chi connectivity index (χ1) is 10.7. The number of nitrogens with two attached hydrogens (primary N) is 1. The summed E-state index contributed by atoms with van der Waals surface area (Å²) in [5.74, 6) is 0. The first-order valence-electron chi connectivity index (χ1n) is 7.73. The minimum absolute atomic E-state index is 0.0751. The predicted octanol–water partition coefficient (Wildman–Crippen LogP) is 2.52. The zero-order chi connectivity index (χ0) is 15.8. The molecule has 116 valence electrons. The van der Waals surface area contributed by atoms with Crippen LogP contribution >= 0.6 is 0 Å². The molecule has 0 aliphatic heterocycles. The van der Waals surface area contributed by atoms with E-state index < -0.39 is 0 Å². The van der Waals surface area contributed by atoms with Crippen molar-refractivity contribution in [2.24, 2.45) is 5.73 Å². The third-order valence-corrected chi connectivity index (χ3v) is 3.59. The van der Waals surface area contributed by atoms with E-state index >= 15 is 0 Å². The second-order valence-electron chi connectivity index (χ2n) is 5.52. The molecule has 0 saturated heterocycles. The van der Waals surface area contributed by atoms with E-state index in [9.17, 15) is 0 Å². The zero-order valence-electron chi connectivity index (χ0n) is 13.4. The van der Waals surface area contributed by atoms with Gasteiger partial charge in [0.05, 0.1) is 13.2 Å². The van der Waals surface area contributed by atoms with E-state index in [0.29, 0.717) is 26.4 Å². The molecule has 0 spiro atoms. The Morgan fingerprint density at radius 2 is 1.45 bits per heavy atom. The molecule has 2 aromatic carbocycles. The summed E-state index contributed by atoms with van der Waals surface area (Å²) in [6, 6.07) is 16.8. The van der Waals surface area contributed by atoms with Crippen LogP contribution in [0.4, 0.5) is 0 Å². The van der Waals surface area contributed by atoms with Crippen LogP contribution in [-0.2, 0) is 22.6 Å². The molecular formula is C18H24BNO2. The second-order valence-corrected chi connectivity index (χ2v) is 5.52. The fourth-order valence-electron chi connectivity index (χ4n) is 2.20. The number of ether oxygens (including phenoxy) is 1. The SMILES string of the molecule is CB(OCCN)c1ccc(COCc2ccc(C)cc2)cc1. The normalized spacial score (nSPS) is 10.7. The monoisotopic (exact) mass is 297 g/mol. The van der Waals surface area contributed by atoms with Crippen molar-refractivity contribution >= 4 is 12.4 Å². The summed E-state index contributed by atoms with van der Waals surface area (Å²) in [4.78, 5) is 0. The minimum atomic E-state index is 0.0751. The lowest BCUT2D eigenvalue weighted by molar-refractivity contribution is 0.107. The van der Waals surface area contributed by atoms with Crippen LogP contribution in [0.3, 0.4) is 0 Å². The van der Waals surface area contributed by atoms with Crippen LogP contribution in [0.15, 0.2) is 48.5 Å². The molecule has 0 aliphatic rings. The van der Waals surface area contributed by atoms with Gasteiger partial charge in [0.25, 0.3) is 0 Å². The maximum Gasteiger partial charge on any atom is 0.323 e. The molecule has 0 aliphatic carbocycles. The third kappa shape index (κ3) is 5.30. The molecule has 0 bridgehead atoms. The van der Waals surface area contributed by atoms with Gasteiger partial charge < -0.3 is 15.1 Å². The topological polar surface area (TPSA) is 44.5 Å². The first kappa shape index (κ1) is 16.8. The van der Waals surface area contributed by atoms with Crippen molar-refractivity contribution in [2.75, 3.05) is 13.2 Å². The van der Waals surface area contributed by atoms with Crippen molar-refractivity contribution in [3.8, 4) is 0 Å². The minimum Gasteiger partial charge on any atom is -0.430 e. The van der Waals surface area contributed by atoms with E-state index in [1.54, 1.807) is 0 Å². The fraction of sp³-hybridized carbons (Fsp3) is 0.333. The van der Waals surface area contributed by atoms with Crippen LogP contribution in [0.2, 0.25) is 6.82 Å². The molecule has 0 unspecified atom stereocenters. The predicted molar refractivity (Wildman–Crippen MR) is 92.4 cm³/mol. The summed E-state index contributed by atoms with van der Waals surface area (Å²) in [7, 11) is 0. The highest BCUT2D eigenvalue weighted by molar-refractivity contribution is 6.66. The number of benzene rings is 2. The van der Waals surface area contributed by atoms with Crippen LogP contribution in [0.25, 0.3) is 0 Å². The molecule has 0 aromatic heterocycles. The standard InChI is InChI=1S/C18H24BNO2/c1-15-3-5-16(6-4-15)13-21-14-17-7-9-18(10-8-17)19(2)22-12-11-20/h3-10H,11-14,20H2,1-2H3. The van der Waals surface area contributed by atoms with Crippen molar-refractivity contribution in [1.82, 2.24) is 0 Å². The van der Waals surface area contributed by atoms with E-state index in [-0.39, 0.29) is 6.92 Å². The maximum atomic E-state index is 5.76. The highest BCUT2D eigenvalue weighted by Gasteiger charge is 2.10. The van der Waals surface area contributed by atoms with Gasteiger partial charge in [0.2, 0.25) is 0 Å². The highest BCUT2D eigenvalue weighted by Crippen LogP contribution is 2.07. The van der Waals surface area contributed by atoms with Crippen molar-refractivity contribution in [1.29, 1.82) is 0 Å². The molecule has 0 heterocycles. The molecule has 3 nitrogen and oxygen atoms in total. The average molecular weight is 297 g/mol. The van der Waals surface area contributed by atoms with Crippen molar-refractivity contribution < 1.29 is 9.39 Å². The molecule has 2 aromatic rings. The largest absolute Gasteiger partial charge is 0.430 e. The van der Waals surface area contributed by atoms with E-state index in [1.807, 2.05) is 6.82 Å². The lowest BCUT2D eigenvalue weighted by Gasteiger charge is -2.10. The van der Waals surface area contributed by atoms with E-state index in [0.717, 1.165) is 5.46 Å². The molecule has 0 atom stereocenters. The van der Waals surface area contributed by atoms with Crippen LogP contribution < -0.4 is 11.2 Å². The second kappa shape index (κ2) is 8.74. The van der Waals surface area contributed by atoms with Crippen molar-refractivity contribution in [2.45, 2.75) is 27.0 Å². The maximum absolute atomic E-state index is 5.76. The van der Waals surface area contributed by atoms with E-state index in [1.165, 1.54) is 16.7 Å². The van der Waals surface area contributed by atoms with Gasteiger partial charge in [0.1, 0.15) is 0 Å². The quantitative estimate of drug-likeness (QED) is 0.761. The van der Waals surface area contributed by atoms with Gasteiger partial charge in [-0.2, -0.15) is 0 Å². The van der Waals surface area contributed by atoms with Crippen molar-refractivity contribution in [3.05, 3.63) is 65.2 Å². The Kier molecular flexibility index (Phi) is 6.65. The third-order valence-electron chi connectivity index (χ3n) is 3.59. The molecule has 4 heteroatoms. The van der Waals surface area contributed by atoms with Gasteiger partial charge in [-0.3, -0.25) is 0 Å². The Hall–Kier alpha value is -1.62. The molecule has 0 radical (unpaired) electrons. The summed E-state index contributed by atoms with van der Waals surface area (Å²) in [6.07, 6.45) is 0. The van der Waals surface area contributed by atoms with Gasteiger partial charge in [0.15, 0.2) is 0 Å². The zero-order valence-corrected chi connectivity index (χ0v) is 13.4. The summed E-state index contributed by atoms with van der Waals surface area (Å²) in [5.41, 5.74) is 10.2. The molecule has 0 fully saturated rings. The molecular weight excluding hydrogens is 273 g/mol. The number of rotatable bonds is 8. The highest BCUT2D eigenvalue weighted by atomic mass is 16.5. The Bertz CT molecular complexity index is 554. The lowest BCUT2D eigenvalue weighted by atomic mass is 9.63. The summed E-state index contributed by atoms with van der Waals surface area (Å²) >= 11 is 0. The lowest BCUT2D eigenvalue weighted by Crippen LogP contribution is -2.32. The van der Waals surface area contributed by atoms with E-state index in [2.05, 4.69) is 55.5 Å². The summed E-state index contributed by atoms with van der Waals surface area (Å²) in [6.45, 7) is 6.59. The van der Waals surface area contributed by atoms with Gasteiger partial charge >= 0.3 is 6.92 Å². The summed E-state index contributed by atoms with van der Waals surface area (Å²) < 4.78 is 11.4. The van der Waals surface area contributed by atoms with Gasteiger partial charge in [-0.15, -0.1) is 0 Å². The molecule has 2 N–H and O–H groups in total. The molecule has 2 rings (SSSR count). The number of hydrogen-bond acceptors (Lipinski definition) is 3. The average Bonchev–Trinajstić information content (AvgIpc) is 2.55. The van der Waals surface area contributed by atoms with Crippen LogP contribution in [0.5, 0.6) is 0 Å². The first-order valence-corrected chi connectivity index (χ1v) is 7.73. The van der Waals surface area contributed by atoms with Gasteiger partial charge in [-0.1, -0.05) is 60.9 Å².